The van der Waals surface area contributed by atoms with Crippen LogP contribution in [0.15, 0.2) is 28.7 Å². The van der Waals surface area contributed by atoms with Crippen molar-refractivity contribution < 1.29 is 24.2 Å². The van der Waals surface area contributed by atoms with E-state index in [4.69, 9.17) is 14.6 Å². The summed E-state index contributed by atoms with van der Waals surface area (Å²) in [5, 5.41) is 11.7. The number of halogens is 1. The molecule has 1 aromatic carbocycles. The van der Waals surface area contributed by atoms with Gasteiger partial charge in [0.25, 0.3) is 0 Å². The summed E-state index contributed by atoms with van der Waals surface area (Å²) in [5.41, 5.74) is 0.209. The van der Waals surface area contributed by atoms with Crippen LogP contribution in [-0.2, 0) is 24.5 Å². The predicted octanol–water partition coefficient (Wildman–Crippen LogP) is 1.71. The molecule has 1 aliphatic rings. The second kappa shape index (κ2) is 7.90. The molecule has 0 spiro atoms. The van der Waals surface area contributed by atoms with Crippen LogP contribution in [0, 0.1) is 0 Å². The average Bonchev–Trinajstić information content (AvgIpc) is 2.56. The van der Waals surface area contributed by atoms with Crippen LogP contribution in [0.25, 0.3) is 0 Å². The highest BCUT2D eigenvalue weighted by atomic mass is 79.9. The quantitative estimate of drug-likeness (QED) is 0.778. The Morgan fingerprint density at radius 3 is 2.48 bits per heavy atom. The zero-order valence-electron chi connectivity index (χ0n) is 12.9. The van der Waals surface area contributed by atoms with E-state index in [-0.39, 0.29) is 12.5 Å². The minimum Gasteiger partial charge on any atom is -0.479 e. The van der Waals surface area contributed by atoms with Crippen molar-refractivity contribution in [3.05, 3.63) is 34.3 Å². The zero-order chi connectivity index (χ0) is 16.9. The van der Waals surface area contributed by atoms with E-state index in [0.717, 1.165) is 10.0 Å². The number of amides is 1. The first-order chi connectivity index (χ1) is 11.0. The number of methoxy groups -OCH3 is 1. The number of carboxylic acids is 1. The predicted molar refractivity (Wildman–Crippen MR) is 87.3 cm³/mol. The molecular weight excluding hydrogens is 366 g/mol. The summed E-state index contributed by atoms with van der Waals surface area (Å²) in [6.07, 6.45) is 0.0665. The summed E-state index contributed by atoms with van der Waals surface area (Å²) < 4.78 is 11.2. The summed E-state index contributed by atoms with van der Waals surface area (Å²) in [5.74, 6) is -1.29. The molecule has 1 aliphatic heterocycles. The lowest BCUT2D eigenvalue weighted by Crippen LogP contribution is -2.50. The van der Waals surface area contributed by atoms with Crippen molar-refractivity contribution in [1.29, 1.82) is 0 Å². The molecule has 0 radical (unpaired) electrons. The number of ether oxygens (including phenoxy) is 2. The molecule has 0 aromatic heterocycles. The fraction of sp³-hybridized carbons (Fsp3) is 0.500. The Hall–Kier alpha value is -1.44. The van der Waals surface area contributed by atoms with E-state index < -0.39 is 17.5 Å². The monoisotopic (exact) mass is 385 g/mol. The first kappa shape index (κ1) is 17.9. The highest BCUT2D eigenvalue weighted by molar-refractivity contribution is 9.10. The largest absolute Gasteiger partial charge is 0.479 e. The SMILES string of the molecule is COC(CNC(=O)C1(c2ccc(Br)cc2)CCOCC1)C(=O)O. The summed E-state index contributed by atoms with van der Waals surface area (Å²) >= 11 is 3.39. The molecule has 0 bridgehead atoms. The molecular formula is C16H20BrNO5. The average molecular weight is 386 g/mol. The normalized spacial score (nSPS) is 18.2. The van der Waals surface area contributed by atoms with Gasteiger partial charge in [0, 0.05) is 24.8 Å². The summed E-state index contributed by atoms with van der Waals surface area (Å²) in [6.45, 7) is 0.927. The van der Waals surface area contributed by atoms with Crippen LogP contribution in [0.1, 0.15) is 18.4 Å². The third-order valence-corrected chi connectivity index (χ3v) is 4.71. The molecule has 1 saturated heterocycles. The highest BCUT2D eigenvalue weighted by Gasteiger charge is 2.41. The van der Waals surface area contributed by atoms with Crippen LogP contribution in [-0.4, -0.2) is 50.0 Å². The Bertz CT molecular complexity index is 554. The topological polar surface area (TPSA) is 84.9 Å². The Morgan fingerprint density at radius 2 is 1.96 bits per heavy atom. The number of carbonyl (C=O) groups is 2. The number of carbonyl (C=O) groups excluding carboxylic acids is 1. The van der Waals surface area contributed by atoms with E-state index in [0.29, 0.717) is 26.1 Å². The van der Waals surface area contributed by atoms with Crippen LogP contribution in [0.5, 0.6) is 0 Å². The van der Waals surface area contributed by atoms with Crippen LogP contribution in [0.4, 0.5) is 0 Å². The third kappa shape index (κ3) is 4.10. The molecule has 1 fully saturated rings. The molecule has 0 saturated carbocycles. The van der Waals surface area contributed by atoms with Gasteiger partial charge in [-0.05, 0) is 30.5 Å². The number of rotatable bonds is 6. The van der Waals surface area contributed by atoms with Gasteiger partial charge in [0.05, 0.1) is 12.0 Å². The van der Waals surface area contributed by atoms with Crippen LogP contribution in [0.3, 0.4) is 0 Å². The van der Waals surface area contributed by atoms with Crippen molar-refractivity contribution >= 4 is 27.8 Å². The van der Waals surface area contributed by atoms with E-state index in [9.17, 15) is 9.59 Å². The molecule has 23 heavy (non-hydrogen) atoms. The second-order valence-corrected chi connectivity index (χ2v) is 6.39. The first-order valence-electron chi connectivity index (χ1n) is 7.37. The third-order valence-electron chi connectivity index (χ3n) is 4.19. The maximum atomic E-state index is 12.8. The van der Waals surface area contributed by atoms with Crippen molar-refractivity contribution in [2.75, 3.05) is 26.9 Å². The van der Waals surface area contributed by atoms with Crippen molar-refractivity contribution in [2.24, 2.45) is 0 Å². The molecule has 126 valence electrons. The van der Waals surface area contributed by atoms with Crippen LogP contribution < -0.4 is 5.32 Å². The van der Waals surface area contributed by atoms with Gasteiger partial charge < -0.3 is 19.9 Å². The smallest absolute Gasteiger partial charge is 0.334 e. The van der Waals surface area contributed by atoms with Gasteiger partial charge in [0.1, 0.15) is 0 Å². The summed E-state index contributed by atoms with van der Waals surface area (Å²) in [6, 6.07) is 7.63. The van der Waals surface area contributed by atoms with Crippen molar-refractivity contribution in [2.45, 2.75) is 24.4 Å². The zero-order valence-corrected chi connectivity index (χ0v) is 14.5. The Kier molecular flexibility index (Phi) is 6.15. The standard InChI is InChI=1S/C16H20BrNO5/c1-22-13(14(19)20)10-18-15(21)16(6-8-23-9-7-16)11-2-4-12(17)5-3-11/h2-5,13H,6-10H2,1H3,(H,18,21)(H,19,20). The van der Waals surface area contributed by atoms with Crippen molar-refractivity contribution in [3.63, 3.8) is 0 Å². The van der Waals surface area contributed by atoms with E-state index >= 15 is 0 Å². The minimum absolute atomic E-state index is 0.0657. The van der Waals surface area contributed by atoms with Gasteiger partial charge in [-0.2, -0.15) is 0 Å². The van der Waals surface area contributed by atoms with E-state index in [1.807, 2.05) is 24.3 Å². The fourth-order valence-electron chi connectivity index (χ4n) is 2.76. The van der Waals surface area contributed by atoms with E-state index in [2.05, 4.69) is 21.2 Å². The number of carboxylic acid groups (broad SMARTS) is 1. The highest BCUT2D eigenvalue weighted by Crippen LogP contribution is 2.35. The first-order valence-corrected chi connectivity index (χ1v) is 8.16. The van der Waals surface area contributed by atoms with Crippen LogP contribution >= 0.6 is 15.9 Å². The molecule has 2 rings (SSSR count). The summed E-state index contributed by atoms with van der Waals surface area (Å²) in [4.78, 5) is 23.8. The Balaban J connectivity index is 2.19. The van der Waals surface area contributed by atoms with Crippen molar-refractivity contribution in [3.8, 4) is 0 Å². The minimum atomic E-state index is -1.10. The van der Waals surface area contributed by atoms with Gasteiger partial charge in [0.15, 0.2) is 6.10 Å². The Labute approximate surface area is 143 Å². The molecule has 6 nitrogen and oxygen atoms in total. The number of hydrogen-bond donors (Lipinski definition) is 2. The fourth-order valence-corrected chi connectivity index (χ4v) is 3.03. The number of aliphatic carboxylic acids is 1. The summed E-state index contributed by atoms with van der Waals surface area (Å²) in [7, 11) is 1.31. The van der Waals surface area contributed by atoms with Gasteiger partial charge in [-0.15, -0.1) is 0 Å². The lowest BCUT2D eigenvalue weighted by molar-refractivity contribution is -0.148. The van der Waals surface area contributed by atoms with Gasteiger partial charge in [0.2, 0.25) is 5.91 Å². The lowest BCUT2D eigenvalue weighted by Gasteiger charge is -2.36. The molecule has 0 aliphatic carbocycles. The van der Waals surface area contributed by atoms with E-state index in [1.165, 1.54) is 7.11 Å². The number of nitrogens with one attached hydrogen (secondary N) is 1. The molecule has 2 N–H and O–H groups in total. The number of benzene rings is 1. The van der Waals surface area contributed by atoms with Gasteiger partial charge in [-0.25, -0.2) is 4.79 Å². The van der Waals surface area contributed by atoms with E-state index in [1.54, 1.807) is 0 Å². The van der Waals surface area contributed by atoms with Gasteiger partial charge in [-0.1, -0.05) is 28.1 Å². The lowest BCUT2D eigenvalue weighted by atomic mass is 9.73. The Morgan fingerprint density at radius 1 is 1.35 bits per heavy atom. The molecule has 1 unspecified atom stereocenters. The van der Waals surface area contributed by atoms with Gasteiger partial charge >= 0.3 is 5.97 Å². The molecule has 1 amide bonds. The van der Waals surface area contributed by atoms with Gasteiger partial charge in [-0.3, -0.25) is 4.79 Å². The van der Waals surface area contributed by atoms with Crippen molar-refractivity contribution in [1.82, 2.24) is 5.32 Å². The second-order valence-electron chi connectivity index (χ2n) is 5.47. The molecule has 7 heteroatoms. The molecule has 1 atom stereocenters. The number of hydrogen-bond acceptors (Lipinski definition) is 4. The molecule has 1 aromatic rings. The van der Waals surface area contributed by atoms with Crippen LogP contribution in [0.2, 0.25) is 0 Å². The molecule has 1 heterocycles. The maximum Gasteiger partial charge on any atom is 0.334 e. The maximum absolute atomic E-state index is 12.8.